The number of nitrogens with zero attached hydrogens (tertiary/aromatic N) is 1. The third kappa shape index (κ3) is 3.41. The van der Waals surface area contributed by atoms with Gasteiger partial charge in [-0.1, -0.05) is 0 Å². The number of hydrogen-bond acceptors (Lipinski definition) is 5. The molecule has 0 radical (unpaired) electrons. The van der Waals surface area contributed by atoms with Gasteiger partial charge in [0.1, 0.15) is 4.88 Å². The average molecular weight is 297 g/mol. The highest BCUT2D eigenvalue weighted by Gasteiger charge is 2.25. The molecular formula is C13H19N3O3S. The van der Waals surface area contributed by atoms with Crippen LogP contribution < -0.4 is 11.1 Å². The first-order valence-corrected chi connectivity index (χ1v) is 7.55. The van der Waals surface area contributed by atoms with Gasteiger partial charge in [0, 0.05) is 19.1 Å². The van der Waals surface area contributed by atoms with E-state index >= 15 is 0 Å². The molecule has 0 aliphatic carbocycles. The van der Waals surface area contributed by atoms with Crippen LogP contribution in [0.2, 0.25) is 0 Å². The van der Waals surface area contributed by atoms with Gasteiger partial charge in [-0.05, 0) is 31.2 Å². The van der Waals surface area contributed by atoms with Crippen LogP contribution in [0, 0.1) is 0 Å². The van der Waals surface area contributed by atoms with Crippen LogP contribution in [0.25, 0.3) is 0 Å². The predicted octanol–water partition coefficient (Wildman–Crippen LogP) is 1.68. The van der Waals surface area contributed by atoms with Crippen molar-refractivity contribution >= 4 is 29.0 Å². The maximum Gasteiger partial charge on any atom is 0.409 e. The number of amides is 2. The van der Waals surface area contributed by atoms with Crippen LogP contribution in [0.4, 0.5) is 10.5 Å². The molecule has 20 heavy (non-hydrogen) atoms. The summed E-state index contributed by atoms with van der Waals surface area (Å²) in [4.78, 5) is 25.8. The van der Waals surface area contributed by atoms with E-state index in [1.165, 1.54) is 11.3 Å². The lowest BCUT2D eigenvalue weighted by Gasteiger charge is -2.31. The minimum absolute atomic E-state index is 0.0784. The van der Waals surface area contributed by atoms with E-state index in [1.54, 1.807) is 23.3 Å². The predicted molar refractivity (Wildman–Crippen MR) is 77.8 cm³/mol. The molecule has 1 saturated heterocycles. The molecule has 0 spiro atoms. The van der Waals surface area contributed by atoms with E-state index < -0.39 is 0 Å². The summed E-state index contributed by atoms with van der Waals surface area (Å²) in [6.07, 6.45) is 1.19. The Kier molecular flexibility index (Phi) is 4.84. The Balaban J connectivity index is 1.81. The number of anilines is 1. The lowest BCUT2D eigenvalue weighted by atomic mass is 10.1. The van der Waals surface area contributed by atoms with Gasteiger partial charge in [-0.3, -0.25) is 4.79 Å². The average Bonchev–Trinajstić information content (AvgIpc) is 2.86. The van der Waals surface area contributed by atoms with Gasteiger partial charge >= 0.3 is 6.09 Å². The lowest BCUT2D eigenvalue weighted by molar-refractivity contribution is 0.0863. The molecule has 2 heterocycles. The highest BCUT2D eigenvalue weighted by molar-refractivity contribution is 7.12. The van der Waals surface area contributed by atoms with Crippen LogP contribution in [-0.2, 0) is 4.74 Å². The largest absolute Gasteiger partial charge is 0.450 e. The van der Waals surface area contributed by atoms with E-state index in [9.17, 15) is 9.59 Å². The normalized spacial score (nSPS) is 15.9. The van der Waals surface area contributed by atoms with E-state index in [2.05, 4.69) is 5.32 Å². The smallest absolute Gasteiger partial charge is 0.409 e. The number of carbonyl (C=O) groups is 2. The fourth-order valence-electron chi connectivity index (χ4n) is 2.18. The zero-order valence-corrected chi connectivity index (χ0v) is 12.2. The zero-order chi connectivity index (χ0) is 14.5. The van der Waals surface area contributed by atoms with Gasteiger partial charge in [-0.25, -0.2) is 4.79 Å². The lowest BCUT2D eigenvalue weighted by Crippen LogP contribution is -2.46. The maximum absolute atomic E-state index is 12.0. The van der Waals surface area contributed by atoms with Gasteiger partial charge in [-0.2, -0.15) is 0 Å². The monoisotopic (exact) mass is 297 g/mol. The highest BCUT2D eigenvalue weighted by atomic mass is 32.1. The summed E-state index contributed by atoms with van der Waals surface area (Å²) in [5.74, 6) is -0.132. The Hall–Kier alpha value is -1.76. The summed E-state index contributed by atoms with van der Waals surface area (Å²) >= 11 is 1.34. The maximum atomic E-state index is 12.0. The van der Waals surface area contributed by atoms with Crippen LogP contribution >= 0.6 is 11.3 Å². The van der Waals surface area contributed by atoms with Crippen LogP contribution in [0.15, 0.2) is 11.4 Å². The number of ether oxygens (including phenoxy) is 1. The van der Waals surface area contributed by atoms with Crippen molar-refractivity contribution in [2.75, 3.05) is 25.4 Å². The second-order valence-electron chi connectivity index (χ2n) is 4.64. The highest BCUT2D eigenvalue weighted by Crippen LogP contribution is 2.19. The van der Waals surface area contributed by atoms with Gasteiger partial charge in [0.15, 0.2) is 0 Å². The fraction of sp³-hybridized carbons (Fsp3) is 0.538. The summed E-state index contributed by atoms with van der Waals surface area (Å²) < 4.78 is 4.96. The summed E-state index contributed by atoms with van der Waals surface area (Å²) in [6, 6.07) is 1.80. The molecule has 1 aliphatic heterocycles. The number of nitrogen functional groups attached to an aromatic ring is 1. The molecule has 0 unspecified atom stereocenters. The third-order valence-electron chi connectivity index (χ3n) is 3.26. The molecule has 2 amide bonds. The number of rotatable bonds is 3. The molecule has 7 heteroatoms. The number of nitrogens with one attached hydrogen (secondary N) is 1. The Morgan fingerprint density at radius 2 is 2.20 bits per heavy atom. The van der Waals surface area contributed by atoms with Crippen LogP contribution in [0.3, 0.4) is 0 Å². The molecule has 1 aromatic heterocycles. The second kappa shape index (κ2) is 6.60. The second-order valence-corrected chi connectivity index (χ2v) is 5.55. The number of nitrogens with two attached hydrogens (primary N) is 1. The van der Waals surface area contributed by atoms with Crippen LogP contribution in [-0.4, -0.2) is 42.6 Å². The van der Waals surface area contributed by atoms with Gasteiger partial charge in [0.2, 0.25) is 0 Å². The Bertz CT molecular complexity index is 481. The van der Waals surface area contributed by atoms with Gasteiger partial charge in [-0.15, -0.1) is 11.3 Å². The van der Waals surface area contributed by atoms with E-state index in [1.807, 2.05) is 0 Å². The number of piperidine rings is 1. The molecule has 1 aromatic rings. The quantitative estimate of drug-likeness (QED) is 0.889. The molecule has 3 N–H and O–H groups in total. The van der Waals surface area contributed by atoms with Gasteiger partial charge in [0.05, 0.1) is 12.3 Å². The van der Waals surface area contributed by atoms with Gasteiger partial charge in [0.25, 0.3) is 5.91 Å². The first-order valence-electron chi connectivity index (χ1n) is 6.67. The standard InChI is InChI=1S/C13H19N3O3S/c1-2-19-13(18)16-6-3-9(4-7-16)15-12(17)11-10(14)5-8-20-11/h5,8-9H,2-4,6-7,14H2,1H3,(H,15,17). The first kappa shape index (κ1) is 14.6. The molecule has 0 atom stereocenters. The molecule has 6 nitrogen and oxygen atoms in total. The van der Waals surface area contributed by atoms with E-state index in [-0.39, 0.29) is 18.0 Å². The molecule has 1 aliphatic rings. The zero-order valence-electron chi connectivity index (χ0n) is 11.4. The minimum atomic E-state index is -0.278. The summed E-state index contributed by atoms with van der Waals surface area (Å²) in [7, 11) is 0. The van der Waals surface area contributed by atoms with E-state index in [4.69, 9.17) is 10.5 Å². The number of hydrogen-bond donors (Lipinski definition) is 2. The number of carbonyl (C=O) groups excluding carboxylic acids is 2. The molecule has 0 bridgehead atoms. The third-order valence-corrected chi connectivity index (χ3v) is 4.19. The Morgan fingerprint density at radius 1 is 1.50 bits per heavy atom. The van der Waals surface area contributed by atoms with Crippen LogP contribution in [0.1, 0.15) is 29.4 Å². The molecule has 0 saturated carbocycles. The van der Waals surface area contributed by atoms with Gasteiger partial charge < -0.3 is 20.7 Å². The summed E-state index contributed by atoms with van der Waals surface area (Å²) in [5.41, 5.74) is 6.23. The van der Waals surface area contributed by atoms with Crippen molar-refractivity contribution < 1.29 is 14.3 Å². The molecule has 0 aromatic carbocycles. The molecule has 1 fully saturated rings. The summed E-state index contributed by atoms with van der Waals surface area (Å²) in [6.45, 7) is 3.37. The van der Waals surface area contributed by atoms with E-state index in [0.717, 1.165) is 12.8 Å². The van der Waals surface area contributed by atoms with Crippen molar-refractivity contribution in [1.82, 2.24) is 10.2 Å². The number of thiophene rings is 1. The molecular weight excluding hydrogens is 278 g/mol. The van der Waals surface area contributed by atoms with Crippen molar-refractivity contribution in [2.45, 2.75) is 25.8 Å². The van der Waals surface area contributed by atoms with Crippen molar-refractivity contribution in [3.63, 3.8) is 0 Å². The van der Waals surface area contributed by atoms with Crippen molar-refractivity contribution in [3.05, 3.63) is 16.3 Å². The van der Waals surface area contributed by atoms with Crippen molar-refractivity contribution in [3.8, 4) is 0 Å². The Morgan fingerprint density at radius 3 is 2.75 bits per heavy atom. The van der Waals surface area contributed by atoms with Crippen molar-refractivity contribution in [1.29, 1.82) is 0 Å². The van der Waals surface area contributed by atoms with Crippen LogP contribution in [0.5, 0.6) is 0 Å². The SMILES string of the molecule is CCOC(=O)N1CCC(NC(=O)c2sccc2N)CC1. The number of likely N-dealkylation sites (tertiary alicyclic amines) is 1. The van der Waals surface area contributed by atoms with Crippen molar-refractivity contribution in [2.24, 2.45) is 0 Å². The molecule has 110 valence electrons. The fourth-order valence-corrected chi connectivity index (χ4v) is 2.90. The minimum Gasteiger partial charge on any atom is -0.450 e. The summed E-state index contributed by atoms with van der Waals surface area (Å²) in [5, 5.41) is 4.77. The molecule has 2 rings (SSSR count). The first-order chi connectivity index (χ1) is 9.61. The Labute approximate surface area is 121 Å². The van der Waals surface area contributed by atoms with E-state index in [0.29, 0.717) is 30.3 Å². The topological polar surface area (TPSA) is 84.7 Å².